The molecule has 1 saturated carbocycles. The highest BCUT2D eigenvalue weighted by Gasteiger charge is 2.49. The highest BCUT2D eigenvalue weighted by atomic mass is 32.2. The Labute approximate surface area is 129 Å². The number of halogens is 1. The fraction of sp³-hybridized carbons (Fsp3) is 0.600. The quantitative estimate of drug-likeness (QED) is 0.918. The van der Waals surface area contributed by atoms with Crippen molar-refractivity contribution in [3.05, 3.63) is 24.0 Å². The zero-order valence-corrected chi connectivity index (χ0v) is 13.3. The minimum Gasteiger partial charge on any atom is -0.495 e. The van der Waals surface area contributed by atoms with Crippen LogP contribution in [0.15, 0.2) is 23.1 Å². The third-order valence-corrected chi connectivity index (χ3v) is 6.36. The molecule has 3 rings (SSSR count). The van der Waals surface area contributed by atoms with Crippen molar-refractivity contribution >= 4 is 10.0 Å². The number of rotatable bonds is 4. The van der Waals surface area contributed by atoms with E-state index in [1.807, 2.05) is 0 Å². The van der Waals surface area contributed by atoms with E-state index in [0.29, 0.717) is 13.2 Å². The van der Waals surface area contributed by atoms with E-state index in [0.717, 1.165) is 31.7 Å². The minimum atomic E-state index is -3.82. The van der Waals surface area contributed by atoms with Gasteiger partial charge in [0.2, 0.25) is 10.0 Å². The Morgan fingerprint density at radius 1 is 1.32 bits per heavy atom. The van der Waals surface area contributed by atoms with Crippen LogP contribution in [-0.4, -0.2) is 34.8 Å². The van der Waals surface area contributed by atoms with E-state index in [1.54, 1.807) is 0 Å². The molecule has 7 heteroatoms. The maximum atomic E-state index is 13.4. The van der Waals surface area contributed by atoms with Gasteiger partial charge in [0.05, 0.1) is 7.11 Å². The van der Waals surface area contributed by atoms with Gasteiger partial charge >= 0.3 is 0 Å². The molecule has 1 atom stereocenters. The maximum Gasteiger partial charge on any atom is 0.244 e. The summed E-state index contributed by atoms with van der Waals surface area (Å²) in [5, 5.41) is 0. The Bertz CT molecular complexity index is 656. The van der Waals surface area contributed by atoms with Crippen molar-refractivity contribution in [3.8, 4) is 5.75 Å². The molecule has 0 radical (unpaired) electrons. The molecule has 2 fully saturated rings. The average Bonchev–Trinajstić information content (AvgIpc) is 2.52. The topological polar surface area (TPSA) is 64.6 Å². The van der Waals surface area contributed by atoms with Crippen LogP contribution >= 0.6 is 0 Å². The lowest BCUT2D eigenvalue weighted by molar-refractivity contribution is -0.0483. The Balaban J connectivity index is 1.84. The molecule has 1 aliphatic heterocycles. The van der Waals surface area contributed by atoms with Gasteiger partial charge in [-0.05, 0) is 49.3 Å². The summed E-state index contributed by atoms with van der Waals surface area (Å²) >= 11 is 0. The van der Waals surface area contributed by atoms with Crippen molar-refractivity contribution in [2.45, 2.75) is 36.6 Å². The van der Waals surface area contributed by atoms with Crippen molar-refractivity contribution < 1.29 is 22.3 Å². The third kappa shape index (κ3) is 2.73. The molecule has 0 amide bonds. The summed E-state index contributed by atoms with van der Waals surface area (Å²) in [6.45, 7) is 1.34. The molecule has 1 aromatic rings. The highest BCUT2D eigenvalue weighted by molar-refractivity contribution is 7.89. The molecule has 2 aliphatic rings. The van der Waals surface area contributed by atoms with Gasteiger partial charge in [0.1, 0.15) is 16.5 Å². The summed E-state index contributed by atoms with van der Waals surface area (Å²) in [4.78, 5) is -0.149. The number of methoxy groups -OCH3 is 1. The monoisotopic (exact) mass is 329 g/mol. The van der Waals surface area contributed by atoms with E-state index >= 15 is 0 Å². The number of sulfonamides is 1. The van der Waals surface area contributed by atoms with Crippen LogP contribution in [-0.2, 0) is 14.8 Å². The van der Waals surface area contributed by atoms with E-state index in [9.17, 15) is 12.8 Å². The maximum absolute atomic E-state index is 13.4. The van der Waals surface area contributed by atoms with Crippen LogP contribution in [0.4, 0.5) is 4.39 Å². The first-order chi connectivity index (χ1) is 10.5. The van der Waals surface area contributed by atoms with Gasteiger partial charge in [0, 0.05) is 19.3 Å². The van der Waals surface area contributed by atoms with Gasteiger partial charge < -0.3 is 9.47 Å². The lowest BCUT2D eigenvalue weighted by atomic mass is 9.60. The average molecular weight is 329 g/mol. The molecule has 0 bridgehead atoms. The fourth-order valence-electron chi connectivity index (χ4n) is 3.37. The lowest BCUT2D eigenvalue weighted by Crippen LogP contribution is -2.57. The second-order valence-electron chi connectivity index (χ2n) is 5.98. The van der Waals surface area contributed by atoms with Gasteiger partial charge in [-0.25, -0.2) is 17.5 Å². The van der Waals surface area contributed by atoms with Crippen molar-refractivity contribution in [1.29, 1.82) is 0 Å². The second kappa shape index (κ2) is 5.79. The Morgan fingerprint density at radius 2 is 2.05 bits per heavy atom. The van der Waals surface area contributed by atoms with E-state index < -0.39 is 15.8 Å². The first-order valence-electron chi connectivity index (χ1n) is 7.40. The SMILES string of the molecule is COc1ccc(F)cc1S(=O)(=O)NC1CCC12CCOCC2. The number of benzene rings is 1. The zero-order valence-electron chi connectivity index (χ0n) is 12.5. The molecule has 1 saturated heterocycles. The van der Waals surface area contributed by atoms with Gasteiger partial charge in [-0.15, -0.1) is 0 Å². The summed E-state index contributed by atoms with van der Waals surface area (Å²) in [7, 11) is -2.45. The fourth-order valence-corrected chi connectivity index (χ4v) is 4.92. The number of hydrogen-bond acceptors (Lipinski definition) is 4. The molecule has 5 nitrogen and oxygen atoms in total. The van der Waals surface area contributed by atoms with Crippen LogP contribution in [0.25, 0.3) is 0 Å². The molecular weight excluding hydrogens is 309 g/mol. The molecule has 1 N–H and O–H groups in total. The van der Waals surface area contributed by atoms with Crippen LogP contribution in [0.2, 0.25) is 0 Å². The van der Waals surface area contributed by atoms with Crippen molar-refractivity contribution in [1.82, 2.24) is 4.72 Å². The minimum absolute atomic E-state index is 0.00806. The smallest absolute Gasteiger partial charge is 0.244 e. The van der Waals surface area contributed by atoms with Crippen LogP contribution in [0.3, 0.4) is 0 Å². The van der Waals surface area contributed by atoms with Crippen molar-refractivity contribution in [3.63, 3.8) is 0 Å². The molecule has 1 aromatic carbocycles. The van der Waals surface area contributed by atoms with E-state index in [1.165, 1.54) is 19.2 Å². The highest BCUT2D eigenvalue weighted by Crippen LogP contribution is 2.49. The molecule has 122 valence electrons. The van der Waals surface area contributed by atoms with Gasteiger partial charge in [-0.3, -0.25) is 0 Å². The standard InChI is InChI=1S/C15H20FNO4S/c1-20-12-3-2-11(16)10-13(12)22(18,19)17-14-4-5-15(14)6-8-21-9-7-15/h2-3,10,14,17H,4-9H2,1H3. The van der Waals surface area contributed by atoms with E-state index in [-0.39, 0.29) is 22.1 Å². The molecule has 1 unspecified atom stereocenters. The van der Waals surface area contributed by atoms with E-state index in [2.05, 4.69) is 4.72 Å². The molecule has 1 aliphatic carbocycles. The van der Waals surface area contributed by atoms with E-state index in [4.69, 9.17) is 9.47 Å². The first kappa shape index (κ1) is 15.7. The van der Waals surface area contributed by atoms with Crippen LogP contribution < -0.4 is 9.46 Å². The van der Waals surface area contributed by atoms with Crippen molar-refractivity contribution in [2.75, 3.05) is 20.3 Å². The number of hydrogen-bond donors (Lipinski definition) is 1. The van der Waals surface area contributed by atoms with Gasteiger partial charge in [0.15, 0.2) is 0 Å². The lowest BCUT2D eigenvalue weighted by Gasteiger charge is -2.51. The largest absolute Gasteiger partial charge is 0.495 e. The summed E-state index contributed by atoms with van der Waals surface area (Å²) in [6, 6.07) is 3.39. The Hall–Kier alpha value is -1.18. The van der Waals surface area contributed by atoms with Crippen LogP contribution in [0, 0.1) is 11.2 Å². The molecule has 1 spiro atoms. The van der Waals surface area contributed by atoms with Crippen molar-refractivity contribution in [2.24, 2.45) is 5.41 Å². The molecule has 1 heterocycles. The second-order valence-corrected chi connectivity index (χ2v) is 7.66. The van der Waals surface area contributed by atoms with Gasteiger partial charge in [-0.1, -0.05) is 0 Å². The van der Waals surface area contributed by atoms with Crippen LogP contribution in [0.1, 0.15) is 25.7 Å². The molecular formula is C15H20FNO4S. The third-order valence-electron chi connectivity index (χ3n) is 4.87. The predicted octanol–water partition coefficient (Wildman–Crippen LogP) is 2.07. The molecule has 0 aromatic heterocycles. The number of ether oxygens (including phenoxy) is 2. The summed E-state index contributed by atoms with van der Waals surface area (Å²) in [6.07, 6.45) is 3.53. The van der Waals surface area contributed by atoms with Gasteiger partial charge in [0.25, 0.3) is 0 Å². The summed E-state index contributed by atoms with van der Waals surface area (Å²) in [5.41, 5.74) is -0.00806. The summed E-state index contributed by atoms with van der Waals surface area (Å²) in [5.74, 6) is -0.454. The molecule has 22 heavy (non-hydrogen) atoms. The normalized spacial score (nSPS) is 24.0. The summed E-state index contributed by atoms with van der Waals surface area (Å²) < 4.78 is 51.8. The Morgan fingerprint density at radius 3 is 2.64 bits per heavy atom. The first-order valence-corrected chi connectivity index (χ1v) is 8.89. The zero-order chi connectivity index (χ0) is 15.8. The predicted molar refractivity (Wildman–Crippen MR) is 78.8 cm³/mol. The number of nitrogens with one attached hydrogen (secondary N) is 1. The van der Waals surface area contributed by atoms with Crippen LogP contribution in [0.5, 0.6) is 5.75 Å². The Kier molecular flexibility index (Phi) is 4.13. The van der Waals surface area contributed by atoms with Gasteiger partial charge in [-0.2, -0.15) is 0 Å².